The Hall–Kier alpha value is -2.44. The Morgan fingerprint density at radius 1 is 1.07 bits per heavy atom. The minimum absolute atomic E-state index is 0.0775. The van der Waals surface area contributed by atoms with Crippen LogP contribution in [0, 0.1) is 5.82 Å². The van der Waals surface area contributed by atoms with Crippen LogP contribution < -0.4 is 10.5 Å². The lowest BCUT2D eigenvalue weighted by molar-refractivity contribution is 0.0738. The van der Waals surface area contributed by atoms with E-state index in [1.807, 2.05) is 24.3 Å². The SMILES string of the molecule is NCCc1ccc(Oc2ccc(F)c(C(=O)N3CCCN4CCC[C@H]4C3)c2)cc1. The van der Waals surface area contributed by atoms with Crippen molar-refractivity contribution in [2.45, 2.75) is 31.7 Å². The molecular weight excluding hydrogens is 369 g/mol. The van der Waals surface area contributed by atoms with E-state index >= 15 is 0 Å². The largest absolute Gasteiger partial charge is 0.457 e. The highest BCUT2D eigenvalue weighted by Gasteiger charge is 2.31. The fourth-order valence-electron chi connectivity index (χ4n) is 4.32. The van der Waals surface area contributed by atoms with Crippen molar-refractivity contribution >= 4 is 5.91 Å². The van der Waals surface area contributed by atoms with Gasteiger partial charge in [-0.3, -0.25) is 9.69 Å². The number of halogens is 1. The summed E-state index contributed by atoms with van der Waals surface area (Å²) in [5.74, 6) is 0.346. The van der Waals surface area contributed by atoms with E-state index in [9.17, 15) is 9.18 Å². The molecule has 0 unspecified atom stereocenters. The smallest absolute Gasteiger partial charge is 0.257 e. The molecule has 2 heterocycles. The van der Waals surface area contributed by atoms with Gasteiger partial charge in [-0.15, -0.1) is 0 Å². The Balaban J connectivity index is 1.49. The van der Waals surface area contributed by atoms with Crippen molar-refractivity contribution < 1.29 is 13.9 Å². The Morgan fingerprint density at radius 2 is 1.83 bits per heavy atom. The Labute approximate surface area is 171 Å². The maximum absolute atomic E-state index is 14.5. The number of fused-ring (bicyclic) bond motifs is 1. The van der Waals surface area contributed by atoms with Crippen LogP contribution in [-0.4, -0.2) is 54.5 Å². The van der Waals surface area contributed by atoms with Crippen LogP contribution in [0.5, 0.6) is 11.5 Å². The molecule has 2 aromatic carbocycles. The van der Waals surface area contributed by atoms with E-state index in [1.54, 1.807) is 11.0 Å². The van der Waals surface area contributed by atoms with Crippen LogP contribution in [0.1, 0.15) is 35.2 Å². The Morgan fingerprint density at radius 3 is 2.62 bits per heavy atom. The number of carbonyl (C=O) groups is 1. The Kier molecular flexibility index (Phi) is 6.11. The van der Waals surface area contributed by atoms with Crippen LogP contribution >= 0.6 is 0 Å². The number of rotatable bonds is 5. The number of amides is 1. The van der Waals surface area contributed by atoms with E-state index in [0.29, 0.717) is 37.2 Å². The molecule has 2 fully saturated rings. The minimum Gasteiger partial charge on any atom is -0.457 e. The van der Waals surface area contributed by atoms with Gasteiger partial charge in [-0.25, -0.2) is 4.39 Å². The second-order valence-electron chi connectivity index (χ2n) is 7.86. The van der Waals surface area contributed by atoms with Crippen molar-refractivity contribution in [3.63, 3.8) is 0 Å². The molecule has 2 aliphatic rings. The molecule has 0 aliphatic carbocycles. The third-order valence-corrected chi connectivity index (χ3v) is 5.85. The highest BCUT2D eigenvalue weighted by molar-refractivity contribution is 5.95. The summed E-state index contributed by atoms with van der Waals surface area (Å²) in [7, 11) is 0. The first-order valence-corrected chi connectivity index (χ1v) is 10.4. The third kappa shape index (κ3) is 4.60. The monoisotopic (exact) mass is 397 g/mol. The predicted octanol–water partition coefficient (Wildman–Crippen LogP) is 3.43. The number of nitrogens with zero attached hydrogens (tertiary/aromatic N) is 2. The summed E-state index contributed by atoms with van der Waals surface area (Å²) in [6, 6.07) is 12.4. The van der Waals surface area contributed by atoms with Gasteiger partial charge >= 0.3 is 0 Å². The van der Waals surface area contributed by atoms with Crippen LogP contribution in [0.2, 0.25) is 0 Å². The lowest BCUT2D eigenvalue weighted by atomic mass is 10.1. The quantitative estimate of drug-likeness (QED) is 0.840. The highest BCUT2D eigenvalue weighted by Crippen LogP contribution is 2.27. The van der Waals surface area contributed by atoms with Gasteiger partial charge in [-0.1, -0.05) is 12.1 Å². The first kappa shape index (κ1) is 19.9. The molecule has 1 atom stereocenters. The summed E-state index contributed by atoms with van der Waals surface area (Å²) >= 11 is 0. The summed E-state index contributed by atoms with van der Waals surface area (Å²) in [5.41, 5.74) is 6.79. The number of hydrogen-bond donors (Lipinski definition) is 1. The Bertz CT molecular complexity index is 856. The lowest BCUT2D eigenvalue weighted by Crippen LogP contribution is -2.39. The van der Waals surface area contributed by atoms with Gasteiger partial charge in [0.25, 0.3) is 5.91 Å². The van der Waals surface area contributed by atoms with Crippen LogP contribution in [0.4, 0.5) is 4.39 Å². The number of nitrogens with two attached hydrogens (primary N) is 1. The molecule has 5 nitrogen and oxygen atoms in total. The molecule has 2 saturated heterocycles. The van der Waals surface area contributed by atoms with E-state index in [2.05, 4.69) is 4.90 Å². The molecule has 154 valence electrons. The van der Waals surface area contributed by atoms with Crippen molar-refractivity contribution in [3.8, 4) is 11.5 Å². The van der Waals surface area contributed by atoms with Gasteiger partial charge in [-0.05, 0) is 74.7 Å². The summed E-state index contributed by atoms with van der Waals surface area (Å²) in [6.45, 7) is 4.05. The molecule has 0 radical (unpaired) electrons. The van der Waals surface area contributed by atoms with Crippen molar-refractivity contribution in [3.05, 3.63) is 59.4 Å². The van der Waals surface area contributed by atoms with Gasteiger partial charge in [0, 0.05) is 25.7 Å². The third-order valence-electron chi connectivity index (χ3n) is 5.85. The summed E-state index contributed by atoms with van der Waals surface area (Å²) < 4.78 is 20.4. The van der Waals surface area contributed by atoms with Crippen LogP contribution in [0.15, 0.2) is 42.5 Å². The molecule has 0 saturated carbocycles. The van der Waals surface area contributed by atoms with Crippen LogP contribution in [0.3, 0.4) is 0 Å². The average molecular weight is 397 g/mol. The van der Waals surface area contributed by atoms with Gasteiger partial charge < -0.3 is 15.4 Å². The maximum Gasteiger partial charge on any atom is 0.257 e. The minimum atomic E-state index is -0.506. The number of carbonyl (C=O) groups excluding carboxylic acids is 1. The molecular formula is C23H28FN3O2. The fraction of sp³-hybridized carbons (Fsp3) is 0.435. The van der Waals surface area contributed by atoms with E-state index in [4.69, 9.17) is 10.5 Å². The normalized spacial score (nSPS) is 19.7. The zero-order valence-corrected chi connectivity index (χ0v) is 16.6. The van der Waals surface area contributed by atoms with Crippen LogP contribution in [0.25, 0.3) is 0 Å². The van der Waals surface area contributed by atoms with Gasteiger partial charge in [-0.2, -0.15) is 0 Å². The predicted molar refractivity (Wildman–Crippen MR) is 111 cm³/mol. The molecule has 4 rings (SSSR count). The molecule has 2 aromatic rings. The van der Waals surface area contributed by atoms with E-state index in [1.165, 1.54) is 18.6 Å². The van der Waals surface area contributed by atoms with Crippen LogP contribution in [-0.2, 0) is 6.42 Å². The number of ether oxygens (including phenoxy) is 1. The molecule has 0 spiro atoms. The van der Waals surface area contributed by atoms with Gasteiger partial charge in [0.1, 0.15) is 17.3 Å². The topological polar surface area (TPSA) is 58.8 Å². The summed E-state index contributed by atoms with van der Waals surface area (Å²) in [6.07, 6.45) is 4.02. The fourth-order valence-corrected chi connectivity index (χ4v) is 4.32. The lowest BCUT2D eigenvalue weighted by Gasteiger charge is -2.26. The van der Waals surface area contributed by atoms with Crippen molar-refractivity contribution in [2.24, 2.45) is 5.73 Å². The number of hydrogen-bond acceptors (Lipinski definition) is 4. The van der Waals surface area contributed by atoms with Crippen molar-refractivity contribution in [1.82, 2.24) is 9.80 Å². The molecule has 2 aliphatic heterocycles. The first-order chi connectivity index (χ1) is 14.1. The molecule has 6 heteroatoms. The second-order valence-corrected chi connectivity index (χ2v) is 7.86. The van der Waals surface area contributed by atoms with Gasteiger partial charge in [0.05, 0.1) is 5.56 Å². The van der Waals surface area contributed by atoms with Gasteiger partial charge in [0.2, 0.25) is 0 Å². The van der Waals surface area contributed by atoms with E-state index < -0.39 is 5.82 Å². The van der Waals surface area contributed by atoms with Crippen molar-refractivity contribution in [2.75, 3.05) is 32.7 Å². The standard InChI is InChI=1S/C23H28FN3O2/c24-22-9-8-20(29-19-6-4-17(5-7-19)10-11-25)15-21(22)23(28)27-14-2-13-26-12-1-3-18(26)16-27/h4-9,15,18H,1-3,10-14,16,25H2/t18-/m0/s1. The molecule has 0 aromatic heterocycles. The molecule has 2 N–H and O–H groups in total. The second kappa shape index (κ2) is 8.93. The highest BCUT2D eigenvalue weighted by atomic mass is 19.1. The summed E-state index contributed by atoms with van der Waals surface area (Å²) in [5, 5.41) is 0. The molecule has 1 amide bonds. The summed E-state index contributed by atoms with van der Waals surface area (Å²) in [4.78, 5) is 17.3. The van der Waals surface area contributed by atoms with Gasteiger partial charge in [0.15, 0.2) is 0 Å². The number of benzene rings is 2. The molecule has 29 heavy (non-hydrogen) atoms. The zero-order valence-electron chi connectivity index (χ0n) is 16.6. The average Bonchev–Trinajstić information content (AvgIpc) is 3.07. The van der Waals surface area contributed by atoms with E-state index in [0.717, 1.165) is 37.9 Å². The van der Waals surface area contributed by atoms with E-state index in [-0.39, 0.29) is 11.5 Å². The maximum atomic E-state index is 14.5. The molecule has 0 bridgehead atoms. The zero-order chi connectivity index (χ0) is 20.2. The first-order valence-electron chi connectivity index (χ1n) is 10.4. The van der Waals surface area contributed by atoms with Crippen molar-refractivity contribution in [1.29, 1.82) is 0 Å².